The number of hydrogen-bond donors (Lipinski definition) is 4. The highest BCUT2D eigenvalue weighted by Crippen LogP contribution is 2.44. The number of aliphatic carboxylic acids is 1. The Morgan fingerprint density at radius 3 is 1.75 bits per heavy atom. The summed E-state index contributed by atoms with van der Waals surface area (Å²) < 4.78 is 22.8. The van der Waals surface area contributed by atoms with Gasteiger partial charge in [0.1, 0.15) is 30.3 Å². The van der Waals surface area contributed by atoms with Crippen LogP contribution < -0.4 is 16.0 Å². The average molecular weight is 712 g/mol. The topological polar surface area (TPSA) is 179 Å². The molecule has 3 amide bonds. The van der Waals surface area contributed by atoms with E-state index in [1.165, 1.54) is 0 Å². The summed E-state index contributed by atoms with van der Waals surface area (Å²) >= 11 is 0. The molecule has 0 saturated heterocycles. The van der Waals surface area contributed by atoms with Gasteiger partial charge in [-0.15, -0.1) is 0 Å². The van der Waals surface area contributed by atoms with E-state index < -0.39 is 77.3 Å². The number of carboxylic acids is 1. The predicted octanol–water partition coefficient (Wildman–Crippen LogP) is 4.70. The molecule has 0 aliphatic heterocycles. The minimum atomic E-state index is -1.65. The lowest BCUT2D eigenvalue weighted by molar-refractivity contribution is -0.158. The largest absolute Gasteiger partial charge is 0.480 e. The fourth-order valence-electron chi connectivity index (χ4n) is 5.59. The van der Waals surface area contributed by atoms with E-state index in [2.05, 4.69) is 16.0 Å². The van der Waals surface area contributed by atoms with Crippen molar-refractivity contribution in [2.45, 2.75) is 123 Å². The molecule has 280 valence electrons. The molecule has 1 aliphatic rings. The van der Waals surface area contributed by atoms with E-state index in [9.17, 15) is 29.1 Å². The van der Waals surface area contributed by atoms with Gasteiger partial charge in [0.25, 0.3) is 0 Å². The molecule has 13 heteroatoms. The van der Waals surface area contributed by atoms with E-state index in [4.69, 9.17) is 18.9 Å². The number of hydrogen-bond acceptors (Lipinski definition) is 9. The third-order valence-corrected chi connectivity index (χ3v) is 7.63. The number of carbonyl (C=O) groups excluding carboxylic acids is 4. The first-order valence-corrected chi connectivity index (χ1v) is 17.0. The van der Waals surface area contributed by atoms with Gasteiger partial charge < -0.3 is 40.0 Å². The van der Waals surface area contributed by atoms with Gasteiger partial charge in [-0.3, -0.25) is 14.4 Å². The molecule has 0 aromatic heterocycles. The van der Waals surface area contributed by atoms with Crippen LogP contribution in [0.2, 0.25) is 0 Å². The summed E-state index contributed by atoms with van der Waals surface area (Å²) in [5.74, 6) is -4.26. The number of fused-ring (bicyclic) bond motifs is 3. The highest BCUT2D eigenvalue weighted by atomic mass is 16.6. The molecule has 2 aromatic rings. The second kappa shape index (κ2) is 16.7. The Morgan fingerprint density at radius 1 is 0.725 bits per heavy atom. The minimum absolute atomic E-state index is 0.00138. The lowest BCUT2D eigenvalue weighted by Gasteiger charge is -2.32. The Morgan fingerprint density at radius 2 is 1.25 bits per heavy atom. The van der Waals surface area contributed by atoms with E-state index in [0.29, 0.717) is 0 Å². The molecule has 1 aliphatic carbocycles. The number of amides is 3. The fourth-order valence-corrected chi connectivity index (χ4v) is 5.59. The predicted molar refractivity (Wildman–Crippen MR) is 190 cm³/mol. The van der Waals surface area contributed by atoms with Crippen LogP contribution in [0.25, 0.3) is 11.1 Å². The molecular formula is C38H53N3O10. The number of nitrogens with one attached hydrogen (secondary N) is 3. The second-order valence-corrected chi connectivity index (χ2v) is 15.6. The van der Waals surface area contributed by atoms with Crippen molar-refractivity contribution in [2.24, 2.45) is 0 Å². The first-order valence-electron chi connectivity index (χ1n) is 17.0. The smallest absolute Gasteiger partial charge is 0.407 e. The van der Waals surface area contributed by atoms with E-state index in [1.807, 2.05) is 48.5 Å². The summed E-state index contributed by atoms with van der Waals surface area (Å²) in [6.07, 6.45) is -2.44. The Hall–Kier alpha value is -4.49. The molecule has 0 fully saturated rings. The molecule has 0 spiro atoms. The van der Waals surface area contributed by atoms with Crippen LogP contribution in [-0.4, -0.2) is 89.2 Å². The van der Waals surface area contributed by atoms with Crippen molar-refractivity contribution in [1.82, 2.24) is 16.0 Å². The molecule has 0 saturated carbocycles. The number of esters is 1. The highest BCUT2D eigenvalue weighted by Gasteiger charge is 2.37. The molecule has 4 atom stereocenters. The summed E-state index contributed by atoms with van der Waals surface area (Å²) in [5.41, 5.74) is 1.82. The molecule has 13 nitrogen and oxygen atoms in total. The monoisotopic (exact) mass is 711 g/mol. The Bertz CT molecular complexity index is 1520. The van der Waals surface area contributed by atoms with Crippen LogP contribution in [0, 0.1) is 0 Å². The molecule has 3 rings (SSSR count). The molecule has 51 heavy (non-hydrogen) atoms. The van der Waals surface area contributed by atoms with Crippen LogP contribution in [0.3, 0.4) is 0 Å². The zero-order valence-electron chi connectivity index (χ0n) is 31.2. The zero-order chi connectivity index (χ0) is 38.3. The third kappa shape index (κ3) is 12.7. The van der Waals surface area contributed by atoms with Gasteiger partial charge in [-0.2, -0.15) is 0 Å². The summed E-state index contributed by atoms with van der Waals surface area (Å²) in [4.78, 5) is 65.2. The van der Waals surface area contributed by atoms with Crippen molar-refractivity contribution in [2.75, 3.05) is 13.2 Å². The zero-order valence-corrected chi connectivity index (χ0v) is 31.2. The highest BCUT2D eigenvalue weighted by molar-refractivity contribution is 5.94. The normalized spacial score (nSPS) is 15.3. The molecule has 0 bridgehead atoms. The number of carbonyl (C=O) groups is 5. The molecular weight excluding hydrogens is 658 g/mol. The molecule has 0 unspecified atom stereocenters. The number of alkyl carbamates (subject to hydrolysis) is 1. The summed E-state index contributed by atoms with van der Waals surface area (Å²) in [6.45, 7) is 16.7. The third-order valence-electron chi connectivity index (χ3n) is 7.63. The van der Waals surface area contributed by atoms with Gasteiger partial charge in [0.2, 0.25) is 11.8 Å². The van der Waals surface area contributed by atoms with E-state index >= 15 is 0 Å². The van der Waals surface area contributed by atoms with Crippen molar-refractivity contribution in [3.63, 3.8) is 0 Å². The molecule has 2 aromatic carbocycles. The maximum absolute atomic E-state index is 13.9. The van der Waals surface area contributed by atoms with Crippen LogP contribution in [0.1, 0.15) is 92.7 Å². The van der Waals surface area contributed by atoms with E-state index in [-0.39, 0.29) is 19.1 Å². The molecule has 4 N–H and O–H groups in total. The number of carboxylic acid groups (broad SMARTS) is 1. The van der Waals surface area contributed by atoms with Gasteiger partial charge in [0.05, 0.1) is 30.3 Å². The molecule has 0 heterocycles. The van der Waals surface area contributed by atoms with Crippen LogP contribution in [0.5, 0.6) is 0 Å². The maximum atomic E-state index is 13.9. The summed E-state index contributed by atoms with van der Waals surface area (Å²) in [5, 5.41) is 17.3. The minimum Gasteiger partial charge on any atom is -0.480 e. The van der Waals surface area contributed by atoms with Crippen LogP contribution in [0.15, 0.2) is 48.5 Å². The standard InChI is InChI=1S/C38H53N3O10/c1-22(50-37(5,6)7)31(41-35(47)48-20-27-25-17-13-11-15-23(25)24-16-12-14-18-26(24)27)33(44)40-29(21-49-36(2,3)4)32(43)39-28(34(45)46)19-30(42)51-38(8,9)10/h11-18,22,27-29,31H,19-21H2,1-10H3,(H,39,43)(H,40,44)(H,41,47)(H,45,46)/t22-,28+,29+,31+/m1/s1. The van der Waals surface area contributed by atoms with Crippen LogP contribution in [0.4, 0.5) is 4.79 Å². The first-order chi connectivity index (χ1) is 23.5. The van der Waals surface area contributed by atoms with Gasteiger partial charge >= 0.3 is 18.0 Å². The lowest BCUT2D eigenvalue weighted by Crippen LogP contribution is -2.60. The van der Waals surface area contributed by atoms with Gasteiger partial charge in [0, 0.05) is 5.92 Å². The van der Waals surface area contributed by atoms with Crippen molar-refractivity contribution in [3.8, 4) is 11.1 Å². The fraction of sp³-hybridized carbons (Fsp3) is 0.553. The lowest BCUT2D eigenvalue weighted by atomic mass is 9.98. The van der Waals surface area contributed by atoms with Crippen LogP contribution >= 0.6 is 0 Å². The van der Waals surface area contributed by atoms with Gasteiger partial charge in [0.15, 0.2) is 0 Å². The summed E-state index contributed by atoms with van der Waals surface area (Å²) in [7, 11) is 0. The maximum Gasteiger partial charge on any atom is 0.407 e. The Balaban J connectivity index is 1.80. The molecule has 0 radical (unpaired) electrons. The average Bonchev–Trinajstić information content (AvgIpc) is 3.31. The van der Waals surface area contributed by atoms with E-state index in [1.54, 1.807) is 69.2 Å². The number of benzene rings is 2. The Labute approximate surface area is 300 Å². The SMILES string of the molecule is C[C@@H](OC(C)(C)C)[C@H](NC(=O)OCC1c2ccccc2-c2ccccc21)C(=O)N[C@@H](COC(C)(C)C)C(=O)N[C@@H](CC(=O)OC(C)(C)C)C(=O)O. The van der Waals surface area contributed by atoms with Crippen molar-refractivity contribution < 1.29 is 48.0 Å². The Kier molecular flexibility index (Phi) is 13.4. The van der Waals surface area contributed by atoms with E-state index in [0.717, 1.165) is 22.3 Å². The van der Waals surface area contributed by atoms with Gasteiger partial charge in [-0.05, 0) is 91.5 Å². The van der Waals surface area contributed by atoms with Crippen LogP contribution in [-0.2, 0) is 38.1 Å². The van der Waals surface area contributed by atoms with Gasteiger partial charge in [-0.1, -0.05) is 48.5 Å². The number of ether oxygens (including phenoxy) is 4. The quantitative estimate of drug-likeness (QED) is 0.201. The van der Waals surface area contributed by atoms with Crippen molar-refractivity contribution in [3.05, 3.63) is 59.7 Å². The van der Waals surface area contributed by atoms with Crippen molar-refractivity contribution in [1.29, 1.82) is 0 Å². The van der Waals surface area contributed by atoms with Gasteiger partial charge in [-0.25, -0.2) is 9.59 Å². The van der Waals surface area contributed by atoms with Crippen molar-refractivity contribution >= 4 is 29.8 Å². The summed E-state index contributed by atoms with van der Waals surface area (Å²) in [6, 6.07) is 11.4. The number of rotatable bonds is 14. The first kappa shape index (κ1) is 40.9. The second-order valence-electron chi connectivity index (χ2n) is 15.6.